The van der Waals surface area contributed by atoms with Crippen LogP contribution in [0.2, 0.25) is 0 Å². The molecular formula is C20H22N4O2. The van der Waals surface area contributed by atoms with Crippen molar-refractivity contribution in [3.05, 3.63) is 66.4 Å². The molecule has 1 atom stereocenters. The number of hydrogen-bond donors (Lipinski definition) is 2. The number of aromatic nitrogens is 3. The molecule has 134 valence electrons. The highest BCUT2D eigenvalue weighted by atomic mass is 16.3. The first-order chi connectivity index (χ1) is 12.5. The van der Waals surface area contributed by atoms with Crippen molar-refractivity contribution in [1.82, 2.24) is 19.9 Å². The predicted molar refractivity (Wildman–Crippen MR) is 99.6 cm³/mol. The van der Waals surface area contributed by atoms with E-state index in [0.29, 0.717) is 11.3 Å². The van der Waals surface area contributed by atoms with Gasteiger partial charge >= 0.3 is 0 Å². The van der Waals surface area contributed by atoms with Crippen LogP contribution in [0.5, 0.6) is 5.75 Å². The third-order valence-electron chi connectivity index (χ3n) is 4.30. The fourth-order valence-electron chi connectivity index (χ4n) is 2.83. The maximum absolute atomic E-state index is 12.7. The maximum atomic E-state index is 12.7. The van der Waals surface area contributed by atoms with Gasteiger partial charge < -0.3 is 15.0 Å². The van der Waals surface area contributed by atoms with Gasteiger partial charge in [0.25, 0.3) is 5.91 Å². The normalized spacial score (nSPS) is 12.2. The van der Waals surface area contributed by atoms with Crippen LogP contribution in [-0.2, 0) is 7.05 Å². The van der Waals surface area contributed by atoms with E-state index in [0.717, 1.165) is 11.4 Å². The lowest BCUT2D eigenvalue weighted by Gasteiger charge is -2.22. The highest BCUT2D eigenvalue weighted by Gasteiger charge is 2.22. The molecule has 6 heteroatoms. The summed E-state index contributed by atoms with van der Waals surface area (Å²) < 4.78 is 1.91. The first-order valence-electron chi connectivity index (χ1n) is 8.50. The first-order valence-corrected chi connectivity index (χ1v) is 8.50. The number of nitrogens with zero attached hydrogens (tertiary/aromatic N) is 3. The average molecular weight is 350 g/mol. The van der Waals surface area contributed by atoms with Crippen molar-refractivity contribution in [1.29, 1.82) is 0 Å². The van der Waals surface area contributed by atoms with Crippen molar-refractivity contribution in [3.8, 4) is 17.0 Å². The molecule has 26 heavy (non-hydrogen) atoms. The van der Waals surface area contributed by atoms with Gasteiger partial charge in [-0.15, -0.1) is 0 Å². The molecule has 0 bridgehead atoms. The number of pyridine rings is 1. The molecule has 0 saturated heterocycles. The Hall–Kier alpha value is -3.15. The third kappa shape index (κ3) is 3.59. The molecule has 0 aliphatic carbocycles. The van der Waals surface area contributed by atoms with Gasteiger partial charge in [-0.1, -0.05) is 26.0 Å². The molecule has 0 fully saturated rings. The molecule has 0 aliphatic rings. The van der Waals surface area contributed by atoms with E-state index in [9.17, 15) is 9.90 Å². The van der Waals surface area contributed by atoms with E-state index in [4.69, 9.17) is 0 Å². The quantitative estimate of drug-likeness (QED) is 0.740. The van der Waals surface area contributed by atoms with Crippen LogP contribution in [0.15, 0.2) is 55.0 Å². The SMILES string of the molecule is CC(C)[C@H](NC(=O)c1ccc(-c2ncccc2O)cc1)c1nccn1C. The van der Waals surface area contributed by atoms with Crippen molar-refractivity contribution >= 4 is 5.91 Å². The lowest BCUT2D eigenvalue weighted by molar-refractivity contribution is 0.0922. The highest BCUT2D eigenvalue weighted by Crippen LogP contribution is 2.26. The molecule has 0 radical (unpaired) electrons. The van der Waals surface area contributed by atoms with E-state index < -0.39 is 0 Å². The van der Waals surface area contributed by atoms with Crippen molar-refractivity contribution in [2.75, 3.05) is 0 Å². The molecule has 1 aromatic carbocycles. The van der Waals surface area contributed by atoms with Gasteiger partial charge in [0.05, 0.1) is 6.04 Å². The second-order valence-corrected chi connectivity index (χ2v) is 6.54. The average Bonchev–Trinajstić information content (AvgIpc) is 3.05. The smallest absolute Gasteiger partial charge is 0.251 e. The molecule has 0 aliphatic heterocycles. The van der Waals surface area contributed by atoms with E-state index >= 15 is 0 Å². The number of rotatable bonds is 5. The van der Waals surface area contributed by atoms with Gasteiger partial charge in [-0.05, 0) is 30.2 Å². The molecule has 0 spiro atoms. The van der Waals surface area contributed by atoms with Gasteiger partial charge in [-0.2, -0.15) is 0 Å². The predicted octanol–water partition coefficient (Wildman–Crippen LogP) is 3.31. The van der Waals surface area contributed by atoms with Gasteiger partial charge in [-0.3, -0.25) is 9.78 Å². The largest absolute Gasteiger partial charge is 0.506 e. The molecule has 2 heterocycles. The summed E-state index contributed by atoms with van der Waals surface area (Å²) in [5, 5.41) is 13.0. The van der Waals surface area contributed by atoms with Gasteiger partial charge in [0, 0.05) is 36.8 Å². The Labute approximate surface area is 152 Å². The number of aromatic hydroxyl groups is 1. The second-order valence-electron chi connectivity index (χ2n) is 6.54. The molecule has 1 amide bonds. The van der Waals surface area contributed by atoms with Crippen LogP contribution in [0.1, 0.15) is 36.1 Å². The van der Waals surface area contributed by atoms with E-state index in [1.54, 1.807) is 48.8 Å². The Morgan fingerprint density at radius 2 is 1.85 bits per heavy atom. The van der Waals surface area contributed by atoms with Crippen LogP contribution in [-0.4, -0.2) is 25.5 Å². The molecule has 3 aromatic rings. The van der Waals surface area contributed by atoms with Crippen LogP contribution >= 0.6 is 0 Å². The topological polar surface area (TPSA) is 80.0 Å². The van der Waals surface area contributed by atoms with Crippen LogP contribution in [0.4, 0.5) is 0 Å². The van der Waals surface area contributed by atoms with Crippen LogP contribution in [0.25, 0.3) is 11.3 Å². The van der Waals surface area contributed by atoms with E-state index in [1.807, 2.05) is 31.7 Å². The molecule has 0 saturated carbocycles. The summed E-state index contributed by atoms with van der Waals surface area (Å²) >= 11 is 0. The lowest BCUT2D eigenvalue weighted by atomic mass is 10.0. The first kappa shape index (κ1) is 17.7. The van der Waals surface area contributed by atoms with Crippen LogP contribution < -0.4 is 5.32 Å². The van der Waals surface area contributed by atoms with Gasteiger partial charge in [0.15, 0.2) is 0 Å². The third-order valence-corrected chi connectivity index (χ3v) is 4.30. The Kier molecular flexibility index (Phi) is 5.02. The summed E-state index contributed by atoms with van der Waals surface area (Å²) in [5.74, 6) is 0.969. The van der Waals surface area contributed by atoms with Crippen LogP contribution in [0.3, 0.4) is 0 Å². The lowest BCUT2D eigenvalue weighted by Crippen LogP contribution is -2.33. The Balaban J connectivity index is 1.80. The summed E-state index contributed by atoms with van der Waals surface area (Å²) in [6.07, 6.45) is 5.21. The summed E-state index contributed by atoms with van der Waals surface area (Å²) in [6, 6.07) is 10.1. The zero-order chi connectivity index (χ0) is 18.7. The summed E-state index contributed by atoms with van der Waals surface area (Å²) in [5.41, 5.74) is 1.79. The molecule has 0 unspecified atom stereocenters. The number of amides is 1. The number of benzene rings is 1. The number of carbonyl (C=O) groups excluding carboxylic acids is 1. The molecule has 2 N–H and O–H groups in total. The second kappa shape index (κ2) is 7.39. The fraction of sp³-hybridized carbons (Fsp3) is 0.250. The van der Waals surface area contributed by atoms with E-state index in [1.165, 1.54) is 0 Å². The minimum atomic E-state index is -0.179. The standard InChI is InChI=1S/C20H22N4O2/c1-13(2)17(19-22-11-12-24(19)3)23-20(26)15-8-6-14(7-9-15)18-16(25)5-4-10-21-18/h4-13,17,25H,1-3H3,(H,23,26)/t17-/m0/s1. The minimum absolute atomic E-state index is 0.111. The Bertz CT molecular complexity index is 900. The number of hydrogen-bond acceptors (Lipinski definition) is 4. The highest BCUT2D eigenvalue weighted by molar-refractivity contribution is 5.95. The fourth-order valence-corrected chi connectivity index (χ4v) is 2.83. The number of aryl methyl sites for hydroxylation is 1. The zero-order valence-corrected chi connectivity index (χ0v) is 15.0. The zero-order valence-electron chi connectivity index (χ0n) is 15.0. The molecular weight excluding hydrogens is 328 g/mol. The number of imidazole rings is 1. The van der Waals surface area contributed by atoms with E-state index in [-0.39, 0.29) is 23.6 Å². The summed E-state index contributed by atoms with van der Waals surface area (Å²) in [4.78, 5) is 21.2. The molecule has 2 aromatic heterocycles. The van der Waals surface area contributed by atoms with Crippen molar-refractivity contribution in [2.24, 2.45) is 13.0 Å². The van der Waals surface area contributed by atoms with Crippen molar-refractivity contribution in [2.45, 2.75) is 19.9 Å². The molecule has 6 nitrogen and oxygen atoms in total. The monoisotopic (exact) mass is 350 g/mol. The summed E-state index contributed by atoms with van der Waals surface area (Å²) in [6.45, 7) is 4.10. The van der Waals surface area contributed by atoms with Crippen molar-refractivity contribution in [3.63, 3.8) is 0 Å². The Morgan fingerprint density at radius 3 is 2.42 bits per heavy atom. The van der Waals surface area contributed by atoms with Crippen molar-refractivity contribution < 1.29 is 9.90 Å². The van der Waals surface area contributed by atoms with Gasteiger partial charge in [-0.25, -0.2) is 4.98 Å². The Morgan fingerprint density at radius 1 is 1.12 bits per heavy atom. The summed E-state index contributed by atoms with van der Waals surface area (Å²) in [7, 11) is 1.91. The van der Waals surface area contributed by atoms with E-state index in [2.05, 4.69) is 15.3 Å². The van der Waals surface area contributed by atoms with Crippen LogP contribution in [0, 0.1) is 5.92 Å². The number of carbonyl (C=O) groups is 1. The van der Waals surface area contributed by atoms with Gasteiger partial charge in [0.1, 0.15) is 17.3 Å². The minimum Gasteiger partial charge on any atom is -0.506 e. The molecule has 3 rings (SSSR count). The number of nitrogens with one attached hydrogen (secondary N) is 1. The maximum Gasteiger partial charge on any atom is 0.251 e. The van der Waals surface area contributed by atoms with Gasteiger partial charge in [0.2, 0.25) is 0 Å².